The van der Waals surface area contributed by atoms with Crippen LogP contribution in [0.1, 0.15) is 17.2 Å². The summed E-state index contributed by atoms with van der Waals surface area (Å²) in [6, 6.07) is 18.0. The third-order valence-electron chi connectivity index (χ3n) is 3.07. The molecule has 0 unspecified atom stereocenters. The van der Waals surface area contributed by atoms with E-state index < -0.39 is 0 Å². The first-order valence-electron chi connectivity index (χ1n) is 6.50. The summed E-state index contributed by atoms with van der Waals surface area (Å²) < 4.78 is 5.70. The van der Waals surface area contributed by atoms with Gasteiger partial charge in [-0.1, -0.05) is 30.3 Å². The zero-order valence-electron chi connectivity index (χ0n) is 11.0. The summed E-state index contributed by atoms with van der Waals surface area (Å²) in [5.74, 6) is 0.852. The average Bonchev–Trinajstić information content (AvgIpc) is 2.48. The Morgan fingerprint density at radius 1 is 1.00 bits per heavy atom. The molecule has 1 atom stereocenters. The molecule has 0 saturated heterocycles. The van der Waals surface area contributed by atoms with Crippen LogP contribution in [0, 0.1) is 0 Å². The number of quaternary nitrogens is 1. The first-order valence-corrected chi connectivity index (χ1v) is 6.50. The molecular weight excluding hydrogens is 238 g/mol. The Morgan fingerprint density at radius 2 is 1.68 bits per heavy atom. The first-order chi connectivity index (χ1) is 9.29. The van der Waals surface area contributed by atoms with E-state index >= 15 is 0 Å². The minimum Gasteiger partial charge on any atom is -0.493 e. The second-order valence-electron chi connectivity index (χ2n) is 4.53. The van der Waals surface area contributed by atoms with E-state index in [2.05, 4.69) is 17.9 Å². The lowest BCUT2D eigenvalue weighted by Gasteiger charge is -2.08. The lowest BCUT2D eigenvalue weighted by Crippen LogP contribution is -2.55. The van der Waals surface area contributed by atoms with Crippen LogP contribution in [0.25, 0.3) is 0 Å². The summed E-state index contributed by atoms with van der Waals surface area (Å²) in [5.41, 5.74) is 6.17. The number of ether oxygens (including phenoxy) is 1. The number of aliphatic hydroxyl groups is 1. The molecule has 0 amide bonds. The fourth-order valence-corrected chi connectivity index (χ4v) is 1.87. The van der Waals surface area contributed by atoms with Crippen molar-refractivity contribution in [3.63, 3.8) is 0 Å². The van der Waals surface area contributed by atoms with Gasteiger partial charge in [0.15, 0.2) is 0 Å². The SMILES string of the molecule is [NH3+][C@H](CO)c1ccc(OCCc2ccccc2)cc1. The lowest BCUT2D eigenvalue weighted by molar-refractivity contribution is -0.432. The third kappa shape index (κ3) is 4.09. The molecule has 0 fully saturated rings. The number of benzene rings is 2. The second kappa shape index (κ2) is 6.92. The van der Waals surface area contributed by atoms with Gasteiger partial charge in [-0.25, -0.2) is 0 Å². The molecule has 0 radical (unpaired) electrons. The van der Waals surface area contributed by atoms with Crippen LogP contribution in [-0.2, 0) is 6.42 Å². The first kappa shape index (κ1) is 13.6. The fraction of sp³-hybridized carbons (Fsp3) is 0.250. The predicted octanol–water partition coefficient (Wildman–Crippen LogP) is 1.58. The van der Waals surface area contributed by atoms with Gasteiger partial charge in [0.2, 0.25) is 0 Å². The number of aliphatic hydroxyl groups excluding tert-OH is 1. The lowest BCUT2D eigenvalue weighted by atomic mass is 10.1. The Bertz CT molecular complexity index is 482. The predicted molar refractivity (Wildman–Crippen MR) is 74.8 cm³/mol. The van der Waals surface area contributed by atoms with Gasteiger partial charge >= 0.3 is 0 Å². The summed E-state index contributed by atoms with van der Waals surface area (Å²) in [5, 5.41) is 9.03. The number of rotatable bonds is 6. The third-order valence-corrected chi connectivity index (χ3v) is 3.07. The van der Waals surface area contributed by atoms with Crippen LogP contribution >= 0.6 is 0 Å². The van der Waals surface area contributed by atoms with Gasteiger partial charge < -0.3 is 15.6 Å². The standard InChI is InChI=1S/C16H19NO2/c17-16(12-18)14-6-8-15(9-7-14)19-11-10-13-4-2-1-3-5-13/h1-9,16,18H,10-12,17H2/p+1/t16-/m1/s1. The zero-order valence-corrected chi connectivity index (χ0v) is 11.0. The fourth-order valence-electron chi connectivity index (χ4n) is 1.87. The minimum atomic E-state index is -0.0710. The van der Waals surface area contributed by atoms with Crippen LogP contribution in [0.15, 0.2) is 54.6 Å². The quantitative estimate of drug-likeness (QED) is 0.826. The summed E-state index contributed by atoms with van der Waals surface area (Å²) in [7, 11) is 0. The summed E-state index contributed by atoms with van der Waals surface area (Å²) in [6.45, 7) is 0.728. The smallest absolute Gasteiger partial charge is 0.133 e. The van der Waals surface area contributed by atoms with E-state index in [1.807, 2.05) is 42.5 Å². The van der Waals surface area contributed by atoms with E-state index in [9.17, 15) is 0 Å². The molecule has 19 heavy (non-hydrogen) atoms. The second-order valence-corrected chi connectivity index (χ2v) is 4.53. The minimum absolute atomic E-state index is 0.0637. The highest BCUT2D eigenvalue weighted by Gasteiger charge is 2.07. The highest BCUT2D eigenvalue weighted by Crippen LogP contribution is 2.15. The monoisotopic (exact) mass is 258 g/mol. The molecule has 2 rings (SSSR count). The Labute approximate surface area is 113 Å². The summed E-state index contributed by atoms with van der Waals surface area (Å²) in [6.07, 6.45) is 0.900. The van der Waals surface area contributed by atoms with Crippen molar-refractivity contribution in [1.29, 1.82) is 0 Å². The number of hydrogen-bond donors (Lipinski definition) is 2. The Hall–Kier alpha value is -1.84. The summed E-state index contributed by atoms with van der Waals surface area (Å²) in [4.78, 5) is 0. The number of hydrogen-bond acceptors (Lipinski definition) is 2. The van der Waals surface area contributed by atoms with Crippen LogP contribution in [0.4, 0.5) is 0 Å². The average molecular weight is 258 g/mol. The van der Waals surface area contributed by atoms with E-state index in [0.717, 1.165) is 17.7 Å². The maximum Gasteiger partial charge on any atom is 0.133 e. The molecule has 0 aromatic heterocycles. The Kier molecular flexibility index (Phi) is 4.95. The molecule has 0 aliphatic carbocycles. The molecule has 0 saturated carbocycles. The van der Waals surface area contributed by atoms with Crippen molar-refractivity contribution in [3.8, 4) is 5.75 Å². The van der Waals surface area contributed by atoms with Gasteiger partial charge in [0.25, 0.3) is 0 Å². The molecule has 0 spiro atoms. The molecule has 2 aromatic rings. The van der Waals surface area contributed by atoms with Crippen molar-refractivity contribution in [2.75, 3.05) is 13.2 Å². The van der Waals surface area contributed by atoms with Crippen LogP contribution in [0.5, 0.6) is 5.75 Å². The van der Waals surface area contributed by atoms with E-state index in [-0.39, 0.29) is 12.6 Å². The highest BCUT2D eigenvalue weighted by molar-refractivity contribution is 5.28. The van der Waals surface area contributed by atoms with Crippen molar-refractivity contribution in [1.82, 2.24) is 0 Å². The van der Waals surface area contributed by atoms with Crippen LogP contribution in [0.3, 0.4) is 0 Å². The normalized spacial score (nSPS) is 12.1. The van der Waals surface area contributed by atoms with Crippen molar-refractivity contribution in [3.05, 3.63) is 65.7 Å². The Morgan fingerprint density at radius 3 is 2.32 bits per heavy atom. The zero-order chi connectivity index (χ0) is 13.5. The molecule has 3 heteroatoms. The van der Waals surface area contributed by atoms with Gasteiger partial charge in [-0.15, -0.1) is 0 Å². The van der Waals surface area contributed by atoms with E-state index in [1.165, 1.54) is 5.56 Å². The largest absolute Gasteiger partial charge is 0.493 e. The van der Waals surface area contributed by atoms with Crippen molar-refractivity contribution in [2.45, 2.75) is 12.5 Å². The maximum atomic E-state index is 9.03. The van der Waals surface area contributed by atoms with Crippen molar-refractivity contribution < 1.29 is 15.6 Å². The molecule has 4 N–H and O–H groups in total. The van der Waals surface area contributed by atoms with Gasteiger partial charge in [-0.05, 0) is 29.8 Å². The molecule has 100 valence electrons. The molecular formula is C16H20NO2+. The van der Waals surface area contributed by atoms with Gasteiger partial charge in [0.05, 0.1) is 13.2 Å². The molecule has 0 heterocycles. The van der Waals surface area contributed by atoms with Gasteiger partial charge in [-0.2, -0.15) is 0 Å². The molecule has 0 aliphatic heterocycles. The summed E-state index contributed by atoms with van der Waals surface area (Å²) >= 11 is 0. The van der Waals surface area contributed by atoms with Crippen LogP contribution in [0.2, 0.25) is 0 Å². The topological polar surface area (TPSA) is 57.1 Å². The van der Waals surface area contributed by atoms with Crippen LogP contribution < -0.4 is 10.5 Å². The van der Waals surface area contributed by atoms with Gasteiger partial charge in [0.1, 0.15) is 11.8 Å². The van der Waals surface area contributed by atoms with Gasteiger partial charge in [0, 0.05) is 12.0 Å². The molecule has 2 aromatic carbocycles. The van der Waals surface area contributed by atoms with E-state index in [1.54, 1.807) is 0 Å². The molecule has 0 aliphatic rings. The molecule has 3 nitrogen and oxygen atoms in total. The Balaban J connectivity index is 1.83. The maximum absolute atomic E-state index is 9.03. The van der Waals surface area contributed by atoms with E-state index in [0.29, 0.717) is 6.61 Å². The van der Waals surface area contributed by atoms with Crippen molar-refractivity contribution >= 4 is 0 Å². The van der Waals surface area contributed by atoms with Crippen molar-refractivity contribution in [2.24, 2.45) is 0 Å². The van der Waals surface area contributed by atoms with Crippen LogP contribution in [-0.4, -0.2) is 18.3 Å². The highest BCUT2D eigenvalue weighted by atomic mass is 16.5. The van der Waals surface area contributed by atoms with Gasteiger partial charge in [-0.3, -0.25) is 0 Å². The molecule has 0 bridgehead atoms. The van der Waals surface area contributed by atoms with E-state index in [4.69, 9.17) is 9.84 Å².